The lowest BCUT2D eigenvalue weighted by molar-refractivity contribution is -0.120. The minimum atomic E-state index is -0.395. The van der Waals surface area contributed by atoms with Crippen LogP contribution < -0.4 is 15.0 Å². The Morgan fingerprint density at radius 1 is 0.800 bits per heavy atom. The number of nitrogens with zero attached hydrogens (tertiary/aromatic N) is 1. The van der Waals surface area contributed by atoms with E-state index in [-0.39, 0.29) is 11.6 Å². The Bertz CT molecular complexity index is 1160. The number of anilines is 2. The molecule has 0 aromatic heterocycles. The molecule has 30 heavy (non-hydrogen) atoms. The summed E-state index contributed by atoms with van der Waals surface area (Å²) in [5.74, 6) is -0.249. The van der Waals surface area contributed by atoms with Gasteiger partial charge in [-0.2, -0.15) is 0 Å². The van der Waals surface area contributed by atoms with Crippen LogP contribution in [0.15, 0.2) is 78.5 Å². The third kappa shape index (κ3) is 3.35. The number of amides is 2. The van der Waals surface area contributed by atoms with E-state index < -0.39 is 5.91 Å². The second-order valence-corrected chi connectivity index (χ2v) is 7.17. The van der Waals surface area contributed by atoms with E-state index in [1.807, 2.05) is 62.4 Å². The van der Waals surface area contributed by atoms with E-state index in [4.69, 9.17) is 4.74 Å². The molecule has 0 spiro atoms. The summed E-state index contributed by atoms with van der Waals surface area (Å²) in [6.45, 7) is 3.91. The van der Waals surface area contributed by atoms with E-state index in [1.165, 1.54) is 4.90 Å². The molecule has 3 aromatic carbocycles. The molecule has 1 N–H and O–H groups in total. The number of hydrogen-bond acceptors (Lipinski definition) is 4. The van der Waals surface area contributed by atoms with E-state index in [1.54, 1.807) is 31.4 Å². The molecule has 0 radical (unpaired) electrons. The van der Waals surface area contributed by atoms with Gasteiger partial charge in [-0.3, -0.25) is 9.59 Å². The van der Waals surface area contributed by atoms with Crippen molar-refractivity contribution in [2.24, 2.45) is 0 Å². The first-order chi connectivity index (χ1) is 14.5. The molecular weight excluding hydrogens is 376 g/mol. The van der Waals surface area contributed by atoms with Crippen LogP contribution in [0.3, 0.4) is 0 Å². The summed E-state index contributed by atoms with van der Waals surface area (Å²) in [4.78, 5) is 28.2. The first-order valence-electron chi connectivity index (χ1n) is 9.67. The molecule has 1 heterocycles. The summed E-state index contributed by atoms with van der Waals surface area (Å²) in [5, 5.41) is 3.21. The van der Waals surface area contributed by atoms with Crippen LogP contribution in [0.2, 0.25) is 0 Å². The number of benzene rings is 3. The number of rotatable bonds is 5. The molecule has 0 bridgehead atoms. The summed E-state index contributed by atoms with van der Waals surface area (Å²) >= 11 is 0. The summed E-state index contributed by atoms with van der Waals surface area (Å²) in [7, 11) is 1.55. The van der Waals surface area contributed by atoms with Crippen LogP contribution in [0.4, 0.5) is 11.4 Å². The van der Waals surface area contributed by atoms with E-state index in [9.17, 15) is 9.59 Å². The highest BCUT2D eigenvalue weighted by molar-refractivity contribution is 6.46. The highest BCUT2D eigenvalue weighted by atomic mass is 16.5. The largest absolute Gasteiger partial charge is 0.496 e. The normalized spacial score (nSPS) is 13.8. The Morgan fingerprint density at radius 3 is 2.17 bits per heavy atom. The second-order valence-electron chi connectivity index (χ2n) is 7.17. The summed E-state index contributed by atoms with van der Waals surface area (Å²) in [5.41, 5.74) is 4.42. The first-order valence-corrected chi connectivity index (χ1v) is 9.67. The van der Waals surface area contributed by atoms with E-state index in [0.717, 1.165) is 16.8 Å². The fourth-order valence-corrected chi connectivity index (χ4v) is 3.52. The lowest BCUT2D eigenvalue weighted by Gasteiger charge is -2.16. The number of nitrogens with one attached hydrogen (secondary N) is 1. The van der Waals surface area contributed by atoms with Crippen molar-refractivity contribution >= 4 is 28.8 Å². The van der Waals surface area contributed by atoms with Crippen LogP contribution in [0.25, 0.3) is 5.57 Å². The Kier molecular flexibility index (Phi) is 5.11. The van der Waals surface area contributed by atoms with Crippen LogP contribution in [-0.4, -0.2) is 18.9 Å². The molecule has 0 saturated carbocycles. The summed E-state index contributed by atoms with van der Waals surface area (Å²) < 4.78 is 5.48. The summed E-state index contributed by atoms with van der Waals surface area (Å²) in [6, 6.07) is 22.2. The molecule has 0 saturated heterocycles. The zero-order valence-corrected chi connectivity index (χ0v) is 17.1. The Labute approximate surface area is 175 Å². The summed E-state index contributed by atoms with van der Waals surface area (Å²) in [6.07, 6.45) is 0. The maximum Gasteiger partial charge on any atom is 0.282 e. The average molecular weight is 398 g/mol. The maximum absolute atomic E-state index is 13.5. The van der Waals surface area contributed by atoms with Crippen molar-refractivity contribution in [2.75, 3.05) is 17.3 Å². The predicted molar refractivity (Wildman–Crippen MR) is 118 cm³/mol. The molecule has 0 atom stereocenters. The molecule has 5 heteroatoms. The number of carbonyl (C=O) groups excluding carboxylic acids is 2. The van der Waals surface area contributed by atoms with Crippen LogP contribution >= 0.6 is 0 Å². The monoisotopic (exact) mass is 398 g/mol. The van der Waals surface area contributed by atoms with Gasteiger partial charge in [0.25, 0.3) is 11.8 Å². The number of para-hydroxylation sites is 2. The standard InChI is InChI=1S/C25H22N2O3/c1-16-12-14-18(15-13-16)27-24(28)22(19-9-5-7-11-21(19)30-3)23(25(27)29)26-20-10-6-4-8-17(20)2/h4-15,26H,1-3H3. The Morgan fingerprint density at radius 2 is 1.47 bits per heavy atom. The number of carbonyl (C=O) groups is 2. The Hall–Kier alpha value is -3.86. The SMILES string of the molecule is COc1ccccc1C1=C(Nc2ccccc2C)C(=O)N(c2ccc(C)cc2)C1=O. The van der Waals surface area contributed by atoms with Gasteiger partial charge >= 0.3 is 0 Å². The number of aryl methyl sites for hydroxylation is 2. The van der Waals surface area contributed by atoms with Crippen molar-refractivity contribution in [3.05, 3.63) is 95.2 Å². The van der Waals surface area contributed by atoms with Crippen LogP contribution in [-0.2, 0) is 9.59 Å². The molecule has 5 nitrogen and oxygen atoms in total. The lowest BCUT2D eigenvalue weighted by Crippen LogP contribution is -2.32. The zero-order valence-electron chi connectivity index (χ0n) is 17.1. The quantitative estimate of drug-likeness (QED) is 0.633. The molecule has 3 aromatic rings. The molecule has 4 rings (SSSR count). The van der Waals surface area contributed by atoms with Crippen molar-refractivity contribution in [3.63, 3.8) is 0 Å². The fraction of sp³-hybridized carbons (Fsp3) is 0.120. The highest BCUT2D eigenvalue weighted by Gasteiger charge is 2.41. The minimum absolute atomic E-state index is 0.236. The topological polar surface area (TPSA) is 58.6 Å². The molecule has 0 fully saturated rings. The van der Waals surface area contributed by atoms with Gasteiger partial charge in [-0.1, -0.05) is 54.1 Å². The van der Waals surface area contributed by atoms with E-state index in [2.05, 4.69) is 5.32 Å². The van der Waals surface area contributed by atoms with Gasteiger partial charge in [-0.05, 0) is 43.7 Å². The molecular formula is C25H22N2O3. The van der Waals surface area contributed by atoms with E-state index >= 15 is 0 Å². The Balaban J connectivity index is 1.88. The van der Waals surface area contributed by atoms with Gasteiger partial charge in [0.1, 0.15) is 11.4 Å². The molecule has 1 aliphatic heterocycles. The molecule has 1 aliphatic rings. The highest BCUT2D eigenvalue weighted by Crippen LogP contribution is 2.37. The van der Waals surface area contributed by atoms with E-state index in [0.29, 0.717) is 22.6 Å². The zero-order chi connectivity index (χ0) is 21.3. The van der Waals surface area contributed by atoms with Crippen molar-refractivity contribution in [1.29, 1.82) is 0 Å². The van der Waals surface area contributed by atoms with Crippen LogP contribution in [0.5, 0.6) is 5.75 Å². The molecule has 150 valence electrons. The van der Waals surface area contributed by atoms with Crippen molar-refractivity contribution in [3.8, 4) is 5.75 Å². The molecule has 0 aliphatic carbocycles. The third-order valence-corrected chi connectivity index (χ3v) is 5.16. The average Bonchev–Trinajstić information content (AvgIpc) is 3.00. The van der Waals surface area contributed by atoms with Gasteiger partial charge in [0, 0.05) is 11.3 Å². The molecule has 2 amide bonds. The van der Waals surface area contributed by atoms with Gasteiger partial charge in [0.05, 0.1) is 18.4 Å². The molecule has 0 unspecified atom stereocenters. The van der Waals surface area contributed by atoms with Gasteiger partial charge in [-0.15, -0.1) is 0 Å². The third-order valence-electron chi connectivity index (χ3n) is 5.16. The van der Waals surface area contributed by atoms with Crippen molar-refractivity contribution < 1.29 is 14.3 Å². The smallest absolute Gasteiger partial charge is 0.282 e. The van der Waals surface area contributed by atoms with Gasteiger partial charge < -0.3 is 10.1 Å². The van der Waals surface area contributed by atoms with Gasteiger partial charge in [0.2, 0.25) is 0 Å². The number of imide groups is 1. The fourth-order valence-electron chi connectivity index (χ4n) is 3.52. The lowest BCUT2D eigenvalue weighted by atomic mass is 10.0. The predicted octanol–water partition coefficient (Wildman–Crippen LogP) is 4.71. The van der Waals surface area contributed by atoms with Crippen LogP contribution in [0.1, 0.15) is 16.7 Å². The number of ether oxygens (including phenoxy) is 1. The number of hydrogen-bond donors (Lipinski definition) is 1. The van der Waals surface area contributed by atoms with Gasteiger partial charge in [0.15, 0.2) is 0 Å². The maximum atomic E-state index is 13.5. The first kappa shape index (κ1) is 19.5. The number of methoxy groups -OCH3 is 1. The van der Waals surface area contributed by atoms with Gasteiger partial charge in [-0.25, -0.2) is 4.90 Å². The minimum Gasteiger partial charge on any atom is -0.496 e. The van der Waals surface area contributed by atoms with Crippen LogP contribution in [0, 0.1) is 13.8 Å². The van der Waals surface area contributed by atoms with Crippen molar-refractivity contribution in [2.45, 2.75) is 13.8 Å². The van der Waals surface area contributed by atoms with Crippen molar-refractivity contribution in [1.82, 2.24) is 0 Å². The second kappa shape index (κ2) is 7.87.